The molecule has 2 aromatic carbocycles. The fourth-order valence-corrected chi connectivity index (χ4v) is 5.16. The molecule has 5 nitrogen and oxygen atoms in total. The van der Waals surface area contributed by atoms with E-state index in [0.717, 1.165) is 30.1 Å². The van der Waals surface area contributed by atoms with E-state index in [1.54, 1.807) is 19.2 Å². The molecule has 1 heterocycles. The number of unbranched alkanes of at least 4 members (excludes halogenated alkanes) is 13. The van der Waals surface area contributed by atoms with Crippen molar-refractivity contribution in [2.24, 2.45) is 0 Å². The van der Waals surface area contributed by atoms with Crippen molar-refractivity contribution in [1.29, 1.82) is 0 Å². The van der Waals surface area contributed by atoms with E-state index < -0.39 is 0 Å². The molecule has 0 spiro atoms. The quantitative estimate of drug-likeness (QED) is 0.152. The molecular weight excluding hydrogens is 470 g/mol. The van der Waals surface area contributed by atoms with Gasteiger partial charge in [-0.25, -0.2) is 4.98 Å². The number of nitrogens with one attached hydrogen (secondary N) is 1. The van der Waals surface area contributed by atoms with Crippen LogP contribution in [0.5, 0.6) is 5.75 Å². The number of para-hydroxylation sites is 2. The van der Waals surface area contributed by atoms with Gasteiger partial charge in [0.1, 0.15) is 11.6 Å². The molecule has 0 radical (unpaired) electrons. The molecule has 0 aliphatic heterocycles. The van der Waals surface area contributed by atoms with Gasteiger partial charge in [0.15, 0.2) is 0 Å². The molecule has 1 aromatic heterocycles. The van der Waals surface area contributed by atoms with Crippen LogP contribution in [0.4, 0.5) is 0 Å². The van der Waals surface area contributed by atoms with E-state index >= 15 is 0 Å². The summed E-state index contributed by atoms with van der Waals surface area (Å²) in [4.78, 5) is 17.4. The van der Waals surface area contributed by atoms with Crippen LogP contribution in [0.3, 0.4) is 0 Å². The minimum Gasteiger partial charge on any atom is -0.497 e. The monoisotopic (exact) mass is 519 g/mol. The maximum atomic E-state index is 12.5. The SMILES string of the molecule is CCCCCCCCCCCCCCCCn1c(CCNC(=O)c2ccc(OC)cc2)nc2ccccc21. The molecule has 0 fully saturated rings. The second-order valence-electron chi connectivity index (χ2n) is 10.5. The number of hydrogen-bond acceptors (Lipinski definition) is 3. The Bertz CT molecular complexity index is 1060. The van der Waals surface area contributed by atoms with E-state index in [-0.39, 0.29) is 5.91 Å². The average molecular weight is 520 g/mol. The Morgan fingerprint density at radius 1 is 0.789 bits per heavy atom. The molecule has 1 N–H and O–H groups in total. The number of benzene rings is 2. The predicted octanol–water partition coefficient (Wildman–Crippen LogP) is 8.50. The minimum atomic E-state index is -0.0673. The number of nitrogens with zero attached hydrogens (tertiary/aromatic N) is 2. The van der Waals surface area contributed by atoms with Crippen LogP contribution in [-0.2, 0) is 13.0 Å². The van der Waals surface area contributed by atoms with E-state index in [2.05, 4.69) is 35.0 Å². The summed E-state index contributed by atoms with van der Waals surface area (Å²) in [6.45, 7) is 3.83. The summed E-state index contributed by atoms with van der Waals surface area (Å²) in [5, 5.41) is 3.04. The van der Waals surface area contributed by atoms with Crippen LogP contribution in [0.25, 0.3) is 11.0 Å². The van der Waals surface area contributed by atoms with Crippen LogP contribution in [0.1, 0.15) is 113 Å². The Morgan fingerprint density at radius 2 is 1.37 bits per heavy atom. The molecule has 0 saturated heterocycles. The largest absolute Gasteiger partial charge is 0.497 e. The maximum absolute atomic E-state index is 12.5. The van der Waals surface area contributed by atoms with Gasteiger partial charge >= 0.3 is 0 Å². The second kappa shape index (κ2) is 17.6. The Kier molecular flexibility index (Phi) is 13.8. The summed E-state index contributed by atoms with van der Waals surface area (Å²) in [7, 11) is 1.62. The average Bonchev–Trinajstić information content (AvgIpc) is 3.30. The molecule has 0 bridgehead atoms. The van der Waals surface area contributed by atoms with E-state index in [4.69, 9.17) is 9.72 Å². The lowest BCUT2D eigenvalue weighted by molar-refractivity contribution is 0.0954. The number of amides is 1. The van der Waals surface area contributed by atoms with Crippen molar-refractivity contribution in [3.63, 3.8) is 0 Å². The summed E-state index contributed by atoms with van der Waals surface area (Å²) < 4.78 is 7.53. The molecule has 0 saturated carbocycles. The van der Waals surface area contributed by atoms with Crippen LogP contribution >= 0.6 is 0 Å². The highest BCUT2D eigenvalue weighted by atomic mass is 16.5. The van der Waals surface area contributed by atoms with E-state index in [0.29, 0.717) is 12.1 Å². The molecule has 0 aliphatic rings. The maximum Gasteiger partial charge on any atom is 0.251 e. The Morgan fingerprint density at radius 3 is 1.97 bits per heavy atom. The third kappa shape index (κ3) is 10.2. The van der Waals surface area contributed by atoms with E-state index in [1.165, 1.54) is 95.4 Å². The molecule has 0 aliphatic carbocycles. The fraction of sp³-hybridized carbons (Fsp3) is 0.576. The molecule has 3 aromatic rings. The first-order valence-corrected chi connectivity index (χ1v) is 15.1. The van der Waals surface area contributed by atoms with Gasteiger partial charge in [-0.15, -0.1) is 0 Å². The standard InChI is InChI=1S/C33H49N3O2/c1-3-4-5-6-7-8-9-10-11-12-13-14-15-18-27-36-31-20-17-16-19-30(31)35-32(36)25-26-34-33(37)28-21-23-29(38-2)24-22-28/h16-17,19-24H,3-15,18,25-27H2,1-2H3,(H,34,37). The van der Waals surface area contributed by atoms with Crippen molar-refractivity contribution in [3.05, 3.63) is 59.9 Å². The third-order valence-electron chi connectivity index (χ3n) is 7.46. The molecule has 208 valence electrons. The smallest absolute Gasteiger partial charge is 0.251 e. The van der Waals surface area contributed by atoms with Crippen LogP contribution in [0.15, 0.2) is 48.5 Å². The first kappa shape index (κ1) is 29.7. The zero-order chi connectivity index (χ0) is 26.8. The topological polar surface area (TPSA) is 56.2 Å². The van der Waals surface area contributed by atoms with Gasteiger partial charge in [-0.1, -0.05) is 103 Å². The number of rotatable bonds is 20. The predicted molar refractivity (Wildman–Crippen MR) is 159 cm³/mol. The first-order valence-electron chi connectivity index (χ1n) is 15.1. The highest BCUT2D eigenvalue weighted by Crippen LogP contribution is 2.19. The highest BCUT2D eigenvalue weighted by Gasteiger charge is 2.11. The van der Waals surface area contributed by atoms with Gasteiger partial charge < -0.3 is 14.6 Å². The van der Waals surface area contributed by atoms with Crippen molar-refractivity contribution in [2.75, 3.05) is 13.7 Å². The number of methoxy groups -OCH3 is 1. The number of carbonyl (C=O) groups is 1. The van der Waals surface area contributed by atoms with Crippen LogP contribution in [0, 0.1) is 0 Å². The summed E-state index contributed by atoms with van der Waals surface area (Å²) in [6, 6.07) is 15.6. The van der Waals surface area contributed by atoms with Gasteiger partial charge in [0, 0.05) is 25.1 Å². The zero-order valence-corrected chi connectivity index (χ0v) is 23.9. The molecule has 38 heavy (non-hydrogen) atoms. The fourth-order valence-electron chi connectivity index (χ4n) is 5.16. The minimum absolute atomic E-state index is 0.0673. The van der Waals surface area contributed by atoms with Crippen molar-refractivity contribution in [1.82, 2.24) is 14.9 Å². The van der Waals surface area contributed by atoms with E-state index in [9.17, 15) is 4.79 Å². The first-order chi connectivity index (χ1) is 18.7. The van der Waals surface area contributed by atoms with Crippen molar-refractivity contribution >= 4 is 16.9 Å². The molecule has 0 atom stereocenters. The van der Waals surface area contributed by atoms with E-state index in [1.807, 2.05) is 18.2 Å². The molecule has 1 amide bonds. The third-order valence-corrected chi connectivity index (χ3v) is 7.46. The summed E-state index contributed by atoms with van der Waals surface area (Å²) >= 11 is 0. The van der Waals surface area contributed by atoms with Gasteiger partial charge in [-0.2, -0.15) is 0 Å². The van der Waals surface area contributed by atoms with Crippen LogP contribution < -0.4 is 10.1 Å². The number of carbonyl (C=O) groups excluding carboxylic acids is 1. The lowest BCUT2D eigenvalue weighted by atomic mass is 10.0. The number of hydrogen-bond donors (Lipinski definition) is 1. The number of ether oxygens (including phenoxy) is 1. The second-order valence-corrected chi connectivity index (χ2v) is 10.5. The lowest BCUT2D eigenvalue weighted by Crippen LogP contribution is -2.26. The number of aryl methyl sites for hydroxylation is 1. The van der Waals surface area contributed by atoms with Crippen LogP contribution in [0.2, 0.25) is 0 Å². The summed E-state index contributed by atoms with van der Waals surface area (Å²) in [6.07, 6.45) is 19.9. The Balaban J connectivity index is 1.34. The van der Waals surface area contributed by atoms with Gasteiger partial charge in [-0.05, 0) is 42.8 Å². The summed E-state index contributed by atoms with van der Waals surface area (Å²) in [5.41, 5.74) is 2.87. The number of aromatic nitrogens is 2. The summed E-state index contributed by atoms with van der Waals surface area (Å²) in [5.74, 6) is 1.73. The van der Waals surface area contributed by atoms with Gasteiger partial charge in [0.2, 0.25) is 0 Å². The molecule has 5 heteroatoms. The molecular formula is C33H49N3O2. The number of fused-ring (bicyclic) bond motifs is 1. The van der Waals surface area contributed by atoms with Gasteiger partial charge in [0.25, 0.3) is 5.91 Å². The van der Waals surface area contributed by atoms with Gasteiger partial charge in [-0.3, -0.25) is 4.79 Å². The lowest BCUT2D eigenvalue weighted by Gasteiger charge is -2.10. The Labute approximate surface area is 230 Å². The zero-order valence-electron chi connectivity index (χ0n) is 23.9. The number of imidazole rings is 1. The van der Waals surface area contributed by atoms with Crippen molar-refractivity contribution in [2.45, 2.75) is 110 Å². The highest BCUT2D eigenvalue weighted by molar-refractivity contribution is 5.94. The van der Waals surface area contributed by atoms with Crippen molar-refractivity contribution in [3.8, 4) is 5.75 Å². The van der Waals surface area contributed by atoms with Crippen molar-refractivity contribution < 1.29 is 9.53 Å². The molecule has 3 rings (SSSR count). The van der Waals surface area contributed by atoms with Crippen LogP contribution in [-0.4, -0.2) is 29.1 Å². The Hall–Kier alpha value is -2.82. The van der Waals surface area contributed by atoms with Gasteiger partial charge in [0.05, 0.1) is 18.1 Å². The molecule has 0 unspecified atom stereocenters. The normalized spacial score (nSPS) is 11.2.